The molecule has 5 rings (SSSR count). The Kier molecular flexibility index (Phi) is 10.9. The summed E-state index contributed by atoms with van der Waals surface area (Å²) in [5.41, 5.74) is 3.18. The van der Waals surface area contributed by atoms with Crippen LogP contribution in [0.15, 0.2) is 48.7 Å². The minimum Gasteiger partial charge on any atom is -0.497 e. The Morgan fingerprint density at radius 1 is 0.978 bits per heavy atom. The van der Waals surface area contributed by atoms with E-state index < -0.39 is 0 Å². The van der Waals surface area contributed by atoms with E-state index in [0.29, 0.717) is 70.3 Å². The second-order valence-corrected chi connectivity index (χ2v) is 11.2. The number of anilines is 1. The third-order valence-electron chi connectivity index (χ3n) is 8.36. The summed E-state index contributed by atoms with van der Waals surface area (Å²) < 4.78 is 18.0. The van der Waals surface area contributed by atoms with E-state index in [1.807, 2.05) is 58.5 Å². The van der Waals surface area contributed by atoms with Gasteiger partial charge >= 0.3 is 12.1 Å². The van der Waals surface area contributed by atoms with E-state index in [0.717, 1.165) is 35.5 Å². The number of hydrogen-bond acceptors (Lipinski definition) is 8. The lowest BCUT2D eigenvalue weighted by atomic mass is 10.0. The maximum atomic E-state index is 13.3. The maximum absolute atomic E-state index is 13.3. The quantitative estimate of drug-likeness (QED) is 0.273. The van der Waals surface area contributed by atoms with Crippen molar-refractivity contribution in [1.82, 2.24) is 35.0 Å². The Morgan fingerprint density at radius 2 is 1.76 bits per heavy atom. The number of amides is 5. The smallest absolute Gasteiger partial charge is 0.321 e. The van der Waals surface area contributed by atoms with Crippen molar-refractivity contribution in [1.29, 1.82) is 0 Å². The minimum absolute atomic E-state index is 0.0131. The van der Waals surface area contributed by atoms with E-state index in [-0.39, 0.29) is 24.0 Å². The van der Waals surface area contributed by atoms with Gasteiger partial charge in [-0.05, 0) is 43.2 Å². The number of carbonyl (C=O) groups is 3. The van der Waals surface area contributed by atoms with Crippen LogP contribution in [0.2, 0.25) is 0 Å². The number of likely N-dealkylation sites (tertiary alicyclic amines) is 1. The van der Waals surface area contributed by atoms with E-state index in [4.69, 9.17) is 14.2 Å². The molecule has 0 bridgehead atoms. The first-order valence-corrected chi connectivity index (χ1v) is 15.5. The van der Waals surface area contributed by atoms with E-state index >= 15 is 0 Å². The van der Waals surface area contributed by atoms with Gasteiger partial charge in [0.2, 0.25) is 5.91 Å². The lowest BCUT2D eigenvalue weighted by molar-refractivity contribution is -0.121. The van der Waals surface area contributed by atoms with Gasteiger partial charge in [0.1, 0.15) is 17.2 Å². The minimum atomic E-state index is -0.159. The normalized spacial score (nSPS) is 15.3. The molecule has 2 aliphatic rings. The summed E-state index contributed by atoms with van der Waals surface area (Å²) in [5.74, 6) is 1.39. The topological polar surface area (TPSA) is 143 Å². The monoisotopic (exact) mass is 634 g/mol. The highest BCUT2D eigenvalue weighted by Gasteiger charge is 2.36. The standard InChI is InChI=1S/C32H42N8O6/c1-33-30(41)12-18-46-19-17-39-22-28(35-36-39)23-4-6-25(7-5-23)34-31(42)37-13-10-26(11-14-37)40-16-15-38(32(40)43)21-24-20-27(44-2)8-9-29(24)45-3/h4-9,20,22,26H,10-19,21H2,1-3H3,(H,33,41)(H,34,42). The van der Waals surface area contributed by atoms with Gasteiger partial charge in [0, 0.05) is 62.5 Å². The zero-order valence-electron chi connectivity index (χ0n) is 26.6. The number of urea groups is 2. The van der Waals surface area contributed by atoms with Crippen molar-refractivity contribution in [2.75, 3.05) is 66.0 Å². The molecule has 0 unspecified atom stereocenters. The highest BCUT2D eigenvalue weighted by molar-refractivity contribution is 5.89. The highest BCUT2D eigenvalue weighted by atomic mass is 16.5. The molecule has 3 heterocycles. The van der Waals surface area contributed by atoms with Gasteiger partial charge in [0.05, 0.1) is 46.7 Å². The lowest BCUT2D eigenvalue weighted by Crippen LogP contribution is -2.49. The Morgan fingerprint density at radius 3 is 2.48 bits per heavy atom. The molecule has 0 saturated carbocycles. The lowest BCUT2D eigenvalue weighted by Gasteiger charge is -2.36. The zero-order valence-corrected chi connectivity index (χ0v) is 26.6. The first-order valence-electron chi connectivity index (χ1n) is 15.5. The van der Waals surface area contributed by atoms with Crippen LogP contribution < -0.4 is 20.1 Å². The highest BCUT2D eigenvalue weighted by Crippen LogP contribution is 2.28. The van der Waals surface area contributed by atoms with Crippen molar-refractivity contribution in [2.24, 2.45) is 0 Å². The first kappa shape index (κ1) is 32.5. The Bertz CT molecular complexity index is 1490. The number of rotatable bonds is 13. The number of nitrogens with zero attached hydrogens (tertiary/aromatic N) is 6. The molecule has 3 aromatic rings. The molecular weight excluding hydrogens is 592 g/mol. The number of aromatic nitrogens is 3. The number of carbonyl (C=O) groups excluding carboxylic acids is 3. The molecular formula is C32H42N8O6. The van der Waals surface area contributed by atoms with Gasteiger partial charge < -0.3 is 39.5 Å². The fourth-order valence-electron chi connectivity index (χ4n) is 5.70. The molecule has 2 N–H and O–H groups in total. The Hall–Kier alpha value is -4.85. The molecule has 0 atom stereocenters. The van der Waals surface area contributed by atoms with Crippen LogP contribution in [-0.2, 0) is 22.6 Å². The second-order valence-electron chi connectivity index (χ2n) is 11.2. The van der Waals surface area contributed by atoms with Gasteiger partial charge in [-0.2, -0.15) is 0 Å². The van der Waals surface area contributed by atoms with Crippen molar-refractivity contribution in [3.8, 4) is 22.8 Å². The molecule has 2 fully saturated rings. The molecule has 2 aliphatic heterocycles. The van der Waals surface area contributed by atoms with Gasteiger partial charge in [-0.3, -0.25) is 4.79 Å². The molecule has 0 radical (unpaired) electrons. The summed E-state index contributed by atoms with van der Waals surface area (Å²) in [5, 5.41) is 13.9. The SMILES string of the molecule is CNC(=O)CCOCCn1cc(-c2ccc(NC(=O)N3CCC(N4CCN(Cc5cc(OC)ccc5OC)C4=O)CC3)cc2)nn1. The Balaban J connectivity index is 1.06. The van der Waals surface area contributed by atoms with Crippen LogP contribution in [-0.4, -0.2) is 114 Å². The van der Waals surface area contributed by atoms with Gasteiger partial charge in [0.25, 0.3) is 0 Å². The number of ether oxygens (including phenoxy) is 3. The second kappa shape index (κ2) is 15.4. The summed E-state index contributed by atoms with van der Waals surface area (Å²) in [6, 6.07) is 13.0. The van der Waals surface area contributed by atoms with E-state index in [9.17, 15) is 14.4 Å². The van der Waals surface area contributed by atoms with E-state index in [2.05, 4.69) is 20.9 Å². The maximum Gasteiger partial charge on any atom is 0.321 e. The van der Waals surface area contributed by atoms with E-state index in [1.54, 1.807) is 30.8 Å². The fraction of sp³-hybridized carbons (Fsp3) is 0.469. The molecule has 0 spiro atoms. The van der Waals surface area contributed by atoms with Gasteiger partial charge in [-0.15, -0.1) is 5.10 Å². The third-order valence-corrected chi connectivity index (χ3v) is 8.36. The van der Waals surface area contributed by atoms with Gasteiger partial charge in [0.15, 0.2) is 0 Å². The molecule has 1 aromatic heterocycles. The fourth-order valence-corrected chi connectivity index (χ4v) is 5.70. The molecule has 0 aliphatic carbocycles. The predicted molar refractivity (Wildman–Crippen MR) is 171 cm³/mol. The molecule has 14 heteroatoms. The summed E-state index contributed by atoms with van der Waals surface area (Å²) >= 11 is 0. The van der Waals surface area contributed by atoms with Crippen molar-refractivity contribution in [2.45, 2.75) is 38.4 Å². The average molecular weight is 635 g/mol. The predicted octanol–water partition coefficient (Wildman–Crippen LogP) is 3.05. The van der Waals surface area contributed by atoms with Crippen LogP contribution in [0.4, 0.5) is 15.3 Å². The van der Waals surface area contributed by atoms with Gasteiger partial charge in [-0.1, -0.05) is 17.3 Å². The molecule has 246 valence electrons. The Labute approximate surface area is 268 Å². The summed E-state index contributed by atoms with van der Waals surface area (Å²) in [6.45, 7) is 4.19. The van der Waals surface area contributed by atoms with Crippen LogP contribution in [0.25, 0.3) is 11.3 Å². The summed E-state index contributed by atoms with van der Waals surface area (Å²) in [7, 11) is 4.84. The van der Waals surface area contributed by atoms with Crippen LogP contribution >= 0.6 is 0 Å². The molecule has 2 aromatic carbocycles. The van der Waals surface area contributed by atoms with Crippen LogP contribution in [0.3, 0.4) is 0 Å². The van der Waals surface area contributed by atoms with Crippen molar-refractivity contribution in [3.05, 3.63) is 54.2 Å². The number of benzene rings is 2. The van der Waals surface area contributed by atoms with Crippen LogP contribution in [0, 0.1) is 0 Å². The first-order chi connectivity index (χ1) is 22.4. The molecule has 14 nitrogen and oxygen atoms in total. The molecule has 2 saturated heterocycles. The number of hydrogen-bond donors (Lipinski definition) is 2. The number of methoxy groups -OCH3 is 2. The molecule has 5 amide bonds. The number of piperidine rings is 1. The van der Waals surface area contributed by atoms with Crippen molar-refractivity contribution in [3.63, 3.8) is 0 Å². The zero-order chi connectivity index (χ0) is 32.5. The van der Waals surface area contributed by atoms with Gasteiger partial charge in [-0.25, -0.2) is 14.3 Å². The summed E-state index contributed by atoms with van der Waals surface area (Å²) in [6.07, 6.45) is 3.61. The third kappa shape index (κ3) is 8.05. The van der Waals surface area contributed by atoms with Crippen LogP contribution in [0.1, 0.15) is 24.8 Å². The largest absolute Gasteiger partial charge is 0.497 e. The van der Waals surface area contributed by atoms with Crippen LogP contribution in [0.5, 0.6) is 11.5 Å². The average Bonchev–Trinajstić information content (AvgIpc) is 3.71. The molecule has 46 heavy (non-hydrogen) atoms. The van der Waals surface area contributed by atoms with E-state index in [1.165, 1.54) is 0 Å². The van der Waals surface area contributed by atoms with Crippen molar-refractivity contribution >= 4 is 23.7 Å². The summed E-state index contributed by atoms with van der Waals surface area (Å²) in [4.78, 5) is 43.2. The number of nitrogens with one attached hydrogen (secondary N) is 2. The van der Waals surface area contributed by atoms with Crippen molar-refractivity contribution < 1.29 is 28.6 Å².